The van der Waals surface area contributed by atoms with Crippen molar-refractivity contribution >= 4 is 23.2 Å². The number of amides is 2. The summed E-state index contributed by atoms with van der Waals surface area (Å²) in [4.78, 5) is 31.5. The Morgan fingerprint density at radius 2 is 2.23 bits per heavy atom. The highest BCUT2D eigenvalue weighted by atomic mass is 32.1. The van der Waals surface area contributed by atoms with E-state index in [4.69, 9.17) is 0 Å². The van der Waals surface area contributed by atoms with Gasteiger partial charge in [0.05, 0.1) is 5.01 Å². The minimum absolute atomic E-state index is 0.253. The van der Waals surface area contributed by atoms with Crippen LogP contribution in [0.15, 0.2) is 23.6 Å². The van der Waals surface area contributed by atoms with Crippen LogP contribution in [0.25, 0.3) is 0 Å². The van der Waals surface area contributed by atoms with Crippen molar-refractivity contribution in [2.24, 2.45) is 5.92 Å². The predicted molar refractivity (Wildman–Crippen MR) is 98.6 cm³/mol. The van der Waals surface area contributed by atoms with Crippen molar-refractivity contribution in [3.05, 3.63) is 51.2 Å². The lowest BCUT2D eigenvalue weighted by atomic mass is 9.97. The van der Waals surface area contributed by atoms with E-state index in [9.17, 15) is 14.0 Å². The second-order valence-corrected chi connectivity index (χ2v) is 7.86. The fourth-order valence-corrected chi connectivity index (χ4v) is 4.12. The Bertz CT molecular complexity index is 834. The van der Waals surface area contributed by atoms with Crippen LogP contribution in [0.2, 0.25) is 0 Å². The number of rotatable bonds is 4. The third kappa shape index (κ3) is 3.77. The fraction of sp³-hybridized carbons (Fsp3) is 0.421. The maximum Gasteiger partial charge on any atom is 0.274 e. The van der Waals surface area contributed by atoms with Crippen molar-refractivity contribution in [1.29, 1.82) is 0 Å². The quantitative estimate of drug-likeness (QED) is 0.893. The molecule has 1 aliphatic rings. The predicted octanol–water partition coefficient (Wildman–Crippen LogP) is 3.10. The summed E-state index contributed by atoms with van der Waals surface area (Å²) in [5.41, 5.74) is 1.64. The van der Waals surface area contributed by atoms with Crippen LogP contribution >= 0.6 is 11.3 Å². The summed E-state index contributed by atoms with van der Waals surface area (Å²) in [6.07, 6.45) is 0.818. The lowest BCUT2D eigenvalue weighted by molar-refractivity contribution is -0.128. The third-order valence-electron chi connectivity index (χ3n) is 4.35. The number of hydrogen-bond acceptors (Lipinski definition) is 4. The lowest BCUT2D eigenvalue weighted by Crippen LogP contribution is -2.52. The van der Waals surface area contributed by atoms with Crippen molar-refractivity contribution in [1.82, 2.24) is 15.2 Å². The molecule has 1 saturated heterocycles. The van der Waals surface area contributed by atoms with Gasteiger partial charge in [0, 0.05) is 24.9 Å². The molecule has 1 atom stereocenters. The standard InChI is InChI=1S/C19H22FN3O2S/c1-11(2)8-16-22-15(10-26-16)19(25)23-7-6-21-18(24)17(23)14-5-4-13(20)9-12(14)3/h4-5,9-11,17H,6-8H2,1-3H3,(H,21,24)/t17-/m0/s1. The van der Waals surface area contributed by atoms with E-state index in [1.807, 2.05) is 0 Å². The zero-order valence-electron chi connectivity index (χ0n) is 15.1. The highest BCUT2D eigenvalue weighted by molar-refractivity contribution is 7.09. The number of thiazole rings is 1. The van der Waals surface area contributed by atoms with Gasteiger partial charge in [0.25, 0.3) is 5.91 Å². The minimum Gasteiger partial charge on any atom is -0.352 e. The van der Waals surface area contributed by atoms with E-state index in [1.54, 1.807) is 18.4 Å². The molecule has 2 amide bonds. The van der Waals surface area contributed by atoms with Crippen molar-refractivity contribution < 1.29 is 14.0 Å². The molecule has 2 heterocycles. The van der Waals surface area contributed by atoms with Gasteiger partial charge in [0.2, 0.25) is 5.91 Å². The number of carbonyl (C=O) groups is 2. The van der Waals surface area contributed by atoms with E-state index in [0.29, 0.717) is 35.8 Å². The average Bonchev–Trinajstić information content (AvgIpc) is 3.02. The second kappa shape index (κ2) is 7.53. The van der Waals surface area contributed by atoms with Gasteiger partial charge in [-0.2, -0.15) is 0 Å². The van der Waals surface area contributed by atoms with Crippen molar-refractivity contribution in [2.75, 3.05) is 13.1 Å². The first-order valence-corrected chi connectivity index (χ1v) is 9.54. The molecule has 1 fully saturated rings. The number of benzene rings is 1. The van der Waals surface area contributed by atoms with Crippen LogP contribution in [0.4, 0.5) is 4.39 Å². The van der Waals surface area contributed by atoms with Gasteiger partial charge in [-0.05, 0) is 36.1 Å². The first-order valence-electron chi connectivity index (χ1n) is 8.66. The van der Waals surface area contributed by atoms with Gasteiger partial charge in [-0.25, -0.2) is 9.37 Å². The largest absolute Gasteiger partial charge is 0.352 e. The number of piperazine rings is 1. The fourth-order valence-electron chi connectivity index (χ4n) is 3.14. The summed E-state index contributed by atoms with van der Waals surface area (Å²) in [6.45, 7) is 6.73. The van der Waals surface area contributed by atoms with Crippen LogP contribution in [-0.4, -0.2) is 34.8 Å². The summed E-state index contributed by atoms with van der Waals surface area (Å²) in [6, 6.07) is 3.50. The van der Waals surface area contributed by atoms with Crippen LogP contribution < -0.4 is 5.32 Å². The topological polar surface area (TPSA) is 62.3 Å². The second-order valence-electron chi connectivity index (χ2n) is 6.92. The van der Waals surface area contributed by atoms with Gasteiger partial charge in [-0.15, -0.1) is 11.3 Å². The highest BCUT2D eigenvalue weighted by Gasteiger charge is 2.36. The molecule has 0 saturated carbocycles. The number of nitrogens with zero attached hydrogens (tertiary/aromatic N) is 2. The molecule has 0 unspecified atom stereocenters. The molecule has 0 aliphatic carbocycles. The summed E-state index contributed by atoms with van der Waals surface area (Å²) >= 11 is 1.46. The molecular weight excluding hydrogens is 353 g/mol. The van der Waals surface area contributed by atoms with Gasteiger partial charge < -0.3 is 10.2 Å². The van der Waals surface area contributed by atoms with E-state index in [1.165, 1.54) is 28.4 Å². The number of aryl methyl sites for hydroxylation is 1. The van der Waals surface area contributed by atoms with E-state index in [0.717, 1.165) is 11.4 Å². The molecule has 0 radical (unpaired) electrons. The van der Waals surface area contributed by atoms with Crippen LogP contribution in [0.5, 0.6) is 0 Å². The Morgan fingerprint density at radius 1 is 1.46 bits per heavy atom. The van der Waals surface area contributed by atoms with E-state index >= 15 is 0 Å². The van der Waals surface area contributed by atoms with Gasteiger partial charge in [0.1, 0.15) is 17.6 Å². The molecular formula is C19H22FN3O2S. The van der Waals surface area contributed by atoms with Gasteiger partial charge in [0.15, 0.2) is 0 Å². The van der Waals surface area contributed by atoms with Gasteiger partial charge in [-0.1, -0.05) is 19.9 Å². The maximum atomic E-state index is 13.4. The minimum atomic E-state index is -0.771. The zero-order chi connectivity index (χ0) is 18.8. The Balaban J connectivity index is 1.91. The monoisotopic (exact) mass is 375 g/mol. The van der Waals surface area contributed by atoms with E-state index < -0.39 is 6.04 Å². The lowest BCUT2D eigenvalue weighted by Gasteiger charge is -2.35. The summed E-state index contributed by atoms with van der Waals surface area (Å²) in [5.74, 6) is -0.422. The first-order chi connectivity index (χ1) is 12.4. The Morgan fingerprint density at radius 3 is 2.92 bits per heavy atom. The normalized spacial score (nSPS) is 17.5. The molecule has 2 aromatic rings. The molecule has 1 aromatic carbocycles. The van der Waals surface area contributed by atoms with Gasteiger partial charge >= 0.3 is 0 Å². The molecule has 5 nitrogen and oxygen atoms in total. The zero-order valence-corrected chi connectivity index (χ0v) is 15.9. The molecule has 138 valence electrons. The van der Waals surface area contributed by atoms with Crippen molar-refractivity contribution in [3.63, 3.8) is 0 Å². The van der Waals surface area contributed by atoms with Crippen LogP contribution in [0.1, 0.15) is 46.5 Å². The Labute approximate surface area is 156 Å². The molecule has 0 bridgehead atoms. The SMILES string of the molecule is Cc1cc(F)ccc1[C@H]1C(=O)NCCN1C(=O)c1csc(CC(C)C)n1. The van der Waals surface area contributed by atoms with E-state index in [2.05, 4.69) is 24.1 Å². The molecule has 3 rings (SSSR count). The Kier molecular flexibility index (Phi) is 5.36. The van der Waals surface area contributed by atoms with Crippen LogP contribution in [0, 0.1) is 18.7 Å². The highest BCUT2D eigenvalue weighted by Crippen LogP contribution is 2.28. The first kappa shape index (κ1) is 18.5. The maximum absolute atomic E-state index is 13.4. The number of nitrogens with one attached hydrogen (secondary N) is 1. The molecule has 0 spiro atoms. The smallest absolute Gasteiger partial charge is 0.274 e. The van der Waals surface area contributed by atoms with E-state index in [-0.39, 0.29) is 17.6 Å². The number of halogens is 1. The van der Waals surface area contributed by atoms with Crippen molar-refractivity contribution in [2.45, 2.75) is 33.2 Å². The van der Waals surface area contributed by atoms with Crippen LogP contribution in [-0.2, 0) is 11.2 Å². The summed E-state index contributed by atoms with van der Waals surface area (Å²) in [7, 11) is 0. The molecule has 1 N–H and O–H groups in total. The van der Waals surface area contributed by atoms with Crippen LogP contribution in [0.3, 0.4) is 0 Å². The number of hydrogen-bond donors (Lipinski definition) is 1. The summed E-state index contributed by atoms with van der Waals surface area (Å²) < 4.78 is 13.4. The summed E-state index contributed by atoms with van der Waals surface area (Å²) in [5, 5.41) is 5.46. The van der Waals surface area contributed by atoms with Crippen molar-refractivity contribution in [3.8, 4) is 0 Å². The number of carbonyl (C=O) groups excluding carboxylic acids is 2. The molecule has 1 aromatic heterocycles. The van der Waals surface area contributed by atoms with Gasteiger partial charge in [-0.3, -0.25) is 9.59 Å². The Hall–Kier alpha value is -2.28. The average molecular weight is 375 g/mol. The molecule has 1 aliphatic heterocycles. The molecule has 26 heavy (non-hydrogen) atoms. The number of aromatic nitrogens is 1. The third-order valence-corrected chi connectivity index (χ3v) is 5.22. The molecule has 7 heteroatoms.